The third-order valence-electron chi connectivity index (χ3n) is 3.19. The van der Waals surface area contributed by atoms with Gasteiger partial charge in [-0.15, -0.1) is 0 Å². The first-order valence-electron chi connectivity index (χ1n) is 6.11. The standard InChI is InChI=1S/C15H16FN3O/c1-10-9-13(7-8-14(10)15(17)18-20)19(2)12-5-3-11(16)4-6-12/h3-9,20H,1-2H3,(H2,17,18). The zero-order valence-corrected chi connectivity index (χ0v) is 11.3. The molecule has 3 N–H and O–H groups in total. The van der Waals surface area contributed by atoms with E-state index in [0.29, 0.717) is 5.56 Å². The van der Waals surface area contributed by atoms with Crippen molar-refractivity contribution >= 4 is 17.2 Å². The molecule has 0 atom stereocenters. The first-order valence-corrected chi connectivity index (χ1v) is 6.11. The molecule has 0 aliphatic rings. The zero-order chi connectivity index (χ0) is 14.7. The Hall–Kier alpha value is -2.56. The highest BCUT2D eigenvalue weighted by Gasteiger charge is 2.08. The summed E-state index contributed by atoms with van der Waals surface area (Å²) in [5.41, 5.74) is 8.98. The molecule has 0 fully saturated rings. The predicted octanol–water partition coefficient (Wildman–Crippen LogP) is 3.00. The fourth-order valence-corrected chi connectivity index (χ4v) is 2.01. The van der Waals surface area contributed by atoms with Crippen molar-refractivity contribution in [3.63, 3.8) is 0 Å². The number of oxime groups is 1. The molecule has 2 rings (SSSR count). The second-order valence-corrected chi connectivity index (χ2v) is 4.52. The average Bonchev–Trinajstić information content (AvgIpc) is 2.46. The number of hydrogen-bond donors (Lipinski definition) is 2. The van der Waals surface area contributed by atoms with Gasteiger partial charge in [-0.1, -0.05) is 5.16 Å². The van der Waals surface area contributed by atoms with Gasteiger partial charge >= 0.3 is 0 Å². The molecule has 0 heterocycles. The summed E-state index contributed by atoms with van der Waals surface area (Å²) < 4.78 is 12.9. The van der Waals surface area contributed by atoms with Gasteiger partial charge in [0.25, 0.3) is 0 Å². The van der Waals surface area contributed by atoms with Crippen molar-refractivity contribution in [2.24, 2.45) is 10.9 Å². The maximum atomic E-state index is 12.9. The third-order valence-corrected chi connectivity index (χ3v) is 3.19. The maximum absolute atomic E-state index is 12.9. The lowest BCUT2D eigenvalue weighted by molar-refractivity contribution is 0.318. The molecular formula is C15H16FN3O. The maximum Gasteiger partial charge on any atom is 0.170 e. The summed E-state index contributed by atoms with van der Waals surface area (Å²) in [5, 5.41) is 11.7. The van der Waals surface area contributed by atoms with Crippen LogP contribution in [0.2, 0.25) is 0 Å². The molecule has 104 valence electrons. The van der Waals surface area contributed by atoms with Crippen molar-refractivity contribution in [3.05, 3.63) is 59.4 Å². The van der Waals surface area contributed by atoms with Crippen LogP contribution in [0.3, 0.4) is 0 Å². The van der Waals surface area contributed by atoms with E-state index in [9.17, 15) is 4.39 Å². The molecule has 0 radical (unpaired) electrons. The molecule has 5 heteroatoms. The fourth-order valence-electron chi connectivity index (χ4n) is 2.01. The lowest BCUT2D eigenvalue weighted by Gasteiger charge is -2.20. The summed E-state index contributed by atoms with van der Waals surface area (Å²) in [6.07, 6.45) is 0. The van der Waals surface area contributed by atoms with Crippen LogP contribution in [0.25, 0.3) is 0 Å². The van der Waals surface area contributed by atoms with Crippen LogP contribution in [0, 0.1) is 12.7 Å². The molecule has 0 saturated heterocycles. The number of aryl methyl sites for hydroxylation is 1. The van der Waals surface area contributed by atoms with Crippen LogP contribution in [0.5, 0.6) is 0 Å². The Labute approximate surface area is 116 Å². The van der Waals surface area contributed by atoms with Gasteiger partial charge in [-0.05, 0) is 55.0 Å². The van der Waals surface area contributed by atoms with Gasteiger partial charge in [0.2, 0.25) is 0 Å². The fraction of sp³-hybridized carbons (Fsp3) is 0.133. The van der Waals surface area contributed by atoms with Crippen LogP contribution < -0.4 is 10.6 Å². The van der Waals surface area contributed by atoms with Crippen molar-refractivity contribution in [2.45, 2.75) is 6.92 Å². The Morgan fingerprint density at radius 2 is 1.75 bits per heavy atom. The number of hydrogen-bond acceptors (Lipinski definition) is 3. The monoisotopic (exact) mass is 273 g/mol. The Bertz CT molecular complexity index is 638. The summed E-state index contributed by atoms with van der Waals surface area (Å²) in [5.74, 6) is -0.181. The van der Waals surface area contributed by atoms with Gasteiger partial charge < -0.3 is 15.8 Å². The van der Waals surface area contributed by atoms with Crippen molar-refractivity contribution in [2.75, 3.05) is 11.9 Å². The SMILES string of the molecule is Cc1cc(N(C)c2ccc(F)cc2)ccc1/C(N)=N/O. The van der Waals surface area contributed by atoms with Gasteiger partial charge in [-0.3, -0.25) is 0 Å². The van der Waals surface area contributed by atoms with E-state index < -0.39 is 0 Å². The van der Waals surface area contributed by atoms with Crippen LogP contribution in [0.4, 0.5) is 15.8 Å². The minimum Gasteiger partial charge on any atom is -0.409 e. The van der Waals surface area contributed by atoms with Crippen LogP contribution in [0.1, 0.15) is 11.1 Å². The number of nitrogens with zero attached hydrogens (tertiary/aromatic N) is 2. The zero-order valence-electron chi connectivity index (χ0n) is 11.3. The smallest absolute Gasteiger partial charge is 0.170 e. The van der Waals surface area contributed by atoms with E-state index >= 15 is 0 Å². The van der Waals surface area contributed by atoms with Gasteiger partial charge in [0.05, 0.1) is 0 Å². The second kappa shape index (κ2) is 5.61. The summed E-state index contributed by atoms with van der Waals surface area (Å²) in [7, 11) is 1.89. The van der Waals surface area contributed by atoms with E-state index in [2.05, 4.69) is 5.16 Å². The summed E-state index contributed by atoms with van der Waals surface area (Å²) in [4.78, 5) is 1.93. The summed E-state index contributed by atoms with van der Waals surface area (Å²) in [6.45, 7) is 1.88. The molecule has 4 nitrogen and oxygen atoms in total. The van der Waals surface area contributed by atoms with E-state index in [-0.39, 0.29) is 11.7 Å². The predicted molar refractivity (Wildman–Crippen MR) is 78.2 cm³/mol. The Morgan fingerprint density at radius 3 is 2.30 bits per heavy atom. The van der Waals surface area contributed by atoms with Crippen LogP contribution in [0.15, 0.2) is 47.6 Å². The number of rotatable bonds is 3. The van der Waals surface area contributed by atoms with Crippen molar-refractivity contribution < 1.29 is 9.60 Å². The Balaban J connectivity index is 2.34. The van der Waals surface area contributed by atoms with E-state index in [1.807, 2.05) is 31.0 Å². The highest BCUT2D eigenvalue weighted by atomic mass is 19.1. The van der Waals surface area contributed by atoms with Crippen LogP contribution in [-0.4, -0.2) is 18.1 Å². The van der Waals surface area contributed by atoms with Crippen molar-refractivity contribution in [1.82, 2.24) is 0 Å². The molecule has 0 aliphatic heterocycles. The molecule has 0 bridgehead atoms. The Kier molecular flexibility index (Phi) is 3.89. The van der Waals surface area contributed by atoms with Crippen LogP contribution in [-0.2, 0) is 0 Å². The van der Waals surface area contributed by atoms with Gasteiger partial charge in [-0.25, -0.2) is 4.39 Å². The molecule has 2 aromatic rings. The minimum absolute atomic E-state index is 0.0819. The van der Waals surface area contributed by atoms with E-state index in [4.69, 9.17) is 10.9 Å². The number of amidine groups is 1. The lowest BCUT2D eigenvalue weighted by atomic mass is 10.1. The van der Waals surface area contributed by atoms with Crippen molar-refractivity contribution in [3.8, 4) is 0 Å². The highest BCUT2D eigenvalue weighted by Crippen LogP contribution is 2.25. The molecule has 0 spiro atoms. The number of nitrogens with two attached hydrogens (primary N) is 1. The lowest BCUT2D eigenvalue weighted by Crippen LogP contribution is -2.16. The average molecular weight is 273 g/mol. The molecule has 0 aliphatic carbocycles. The molecule has 20 heavy (non-hydrogen) atoms. The molecule has 2 aromatic carbocycles. The number of halogens is 1. The second-order valence-electron chi connectivity index (χ2n) is 4.52. The van der Waals surface area contributed by atoms with Gasteiger partial charge in [0.15, 0.2) is 5.84 Å². The minimum atomic E-state index is -0.263. The molecular weight excluding hydrogens is 257 g/mol. The van der Waals surface area contributed by atoms with Gasteiger partial charge in [0.1, 0.15) is 5.82 Å². The quantitative estimate of drug-likeness (QED) is 0.391. The van der Waals surface area contributed by atoms with E-state index in [1.165, 1.54) is 12.1 Å². The Morgan fingerprint density at radius 1 is 1.15 bits per heavy atom. The molecule has 0 aromatic heterocycles. The number of anilines is 2. The topological polar surface area (TPSA) is 61.8 Å². The van der Waals surface area contributed by atoms with Crippen LogP contribution >= 0.6 is 0 Å². The highest BCUT2D eigenvalue weighted by molar-refractivity contribution is 5.98. The van der Waals surface area contributed by atoms with Gasteiger partial charge in [-0.2, -0.15) is 0 Å². The molecule has 0 unspecified atom stereocenters. The van der Waals surface area contributed by atoms with Crippen molar-refractivity contribution in [1.29, 1.82) is 0 Å². The molecule has 0 amide bonds. The largest absolute Gasteiger partial charge is 0.409 e. The van der Waals surface area contributed by atoms with Gasteiger partial charge in [0, 0.05) is 24.0 Å². The molecule has 0 saturated carbocycles. The summed E-state index contributed by atoms with van der Waals surface area (Å²) >= 11 is 0. The summed E-state index contributed by atoms with van der Waals surface area (Å²) in [6, 6.07) is 11.8. The first kappa shape index (κ1) is 13.9. The number of benzene rings is 2. The normalized spacial score (nSPS) is 11.4. The first-order chi connectivity index (χ1) is 9.52. The van der Waals surface area contributed by atoms with E-state index in [1.54, 1.807) is 18.2 Å². The van der Waals surface area contributed by atoms with E-state index in [0.717, 1.165) is 16.9 Å². The third kappa shape index (κ3) is 2.71.